The van der Waals surface area contributed by atoms with Crippen LogP contribution < -0.4 is 4.90 Å². The zero-order valence-electron chi connectivity index (χ0n) is 19.6. The Morgan fingerprint density at radius 1 is 1.12 bits per heavy atom. The van der Waals surface area contributed by atoms with Crippen molar-refractivity contribution >= 4 is 37.4 Å². The van der Waals surface area contributed by atoms with E-state index >= 15 is 0 Å². The van der Waals surface area contributed by atoms with Crippen molar-refractivity contribution < 1.29 is 8.42 Å². The van der Waals surface area contributed by atoms with Gasteiger partial charge < -0.3 is 4.90 Å². The van der Waals surface area contributed by atoms with E-state index in [9.17, 15) is 8.42 Å². The van der Waals surface area contributed by atoms with Gasteiger partial charge in [-0.2, -0.15) is 4.31 Å². The largest absolute Gasteiger partial charge is 0.353 e. The smallest absolute Gasteiger partial charge is 0.243 e. The first-order valence-electron chi connectivity index (χ1n) is 12.0. The Balaban J connectivity index is 1.35. The third-order valence-corrected chi connectivity index (χ3v) is 10.4. The van der Waals surface area contributed by atoms with E-state index < -0.39 is 10.0 Å². The quantitative estimate of drug-likeness (QED) is 0.518. The molecule has 3 aromatic rings. The molecule has 0 bridgehead atoms. The number of hydrogen-bond acceptors (Lipinski definition) is 6. The number of thiophene rings is 1. The third-order valence-electron chi connectivity index (χ3n) is 7.31. The van der Waals surface area contributed by atoms with E-state index in [1.165, 1.54) is 27.8 Å². The summed E-state index contributed by atoms with van der Waals surface area (Å²) in [4.78, 5) is 14.4. The van der Waals surface area contributed by atoms with Gasteiger partial charge >= 0.3 is 0 Å². The number of fused-ring (bicyclic) bond motifs is 3. The van der Waals surface area contributed by atoms with Crippen molar-refractivity contribution in [3.8, 4) is 0 Å². The van der Waals surface area contributed by atoms with E-state index in [-0.39, 0.29) is 0 Å². The van der Waals surface area contributed by atoms with Crippen molar-refractivity contribution in [2.45, 2.75) is 57.3 Å². The number of nitrogens with zero attached hydrogens (tertiary/aromatic N) is 4. The molecule has 2 aliphatic rings. The Bertz CT molecular complexity index is 1250. The second-order valence-corrected chi connectivity index (χ2v) is 12.5. The normalized spacial score (nSPS) is 20.7. The number of benzene rings is 1. The van der Waals surface area contributed by atoms with Gasteiger partial charge in [-0.1, -0.05) is 32.9 Å². The zero-order chi connectivity index (χ0) is 23.2. The molecule has 1 fully saturated rings. The molecule has 5 rings (SSSR count). The van der Waals surface area contributed by atoms with Crippen LogP contribution in [0.25, 0.3) is 10.2 Å². The van der Waals surface area contributed by atoms with E-state index in [1.54, 1.807) is 34.1 Å². The average Bonchev–Trinajstić information content (AvgIpc) is 3.21. The Hall–Kier alpha value is -2.03. The second-order valence-electron chi connectivity index (χ2n) is 9.50. The Labute approximate surface area is 200 Å². The lowest BCUT2D eigenvalue weighted by atomic mass is 9.89. The summed E-state index contributed by atoms with van der Waals surface area (Å²) in [6, 6.07) is 7.43. The van der Waals surface area contributed by atoms with Crippen molar-refractivity contribution in [1.82, 2.24) is 14.3 Å². The van der Waals surface area contributed by atoms with Gasteiger partial charge in [0.15, 0.2) is 0 Å². The Morgan fingerprint density at radius 2 is 1.85 bits per heavy atom. The van der Waals surface area contributed by atoms with Crippen LogP contribution in [0.15, 0.2) is 35.5 Å². The van der Waals surface area contributed by atoms with E-state index in [0.29, 0.717) is 37.0 Å². The van der Waals surface area contributed by atoms with Gasteiger partial charge in [-0.15, -0.1) is 11.3 Å². The van der Waals surface area contributed by atoms with Gasteiger partial charge in [0.05, 0.1) is 10.3 Å². The fourth-order valence-corrected chi connectivity index (χ4v) is 7.76. The average molecular weight is 485 g/mol. The summed E-state index contributed by atoms with van der Waals surface area (Å²) in [5, 5.41) is 1.20. The van der Waals surface area contributed by atoms with Crippen LogP contribution in [-0.2, 0) is 22.9 Å². The predicted octanol–water partition coefficient (Wildman–Crippen LogP) is 4.84. The first-order valence-corrected chi connectivity index (χ1v) is 14.2. The van der Waals surface area contributed by atoms with Gasteiger partial charge in [0.25, 0.3) is 0 Å². The van der Waals surface area contributed by atoms with Crippen LogP contribution in [0.5, 0.6) is 0 Å². The standard InChI is InChI=1S/C25H32N4O2S2/c1-4-18(3)19-6-8-20(9-7-19)33(30,31)29-13-11-28(12-14-29)24-23-21-10-5-17(2)15-22(21)32-25(23)27-16-26-24/h6-9,16-18H,4-5,10-15H2,1-3H3/t17-,18+/m0/s1. The topological polar surface area (TPSA) is 66.4 Å². The highest BCUT2D eigenvalue weighted by Gasteiger charge is 2.31. The number of aryl methyl sites for hydroxylation is 1. The van der Waals surface area contributed by atoms with Gasteiger partial charge in [0.2, 0.25) is 10.0 Å². The lowest BCUT2D eigenvalue weighted by Gasteiger charge is -2.35. The first kappa shape index (κ1) is 22.7. The van der Waals surface area contributed by atoms with E-state index in [4.69, 9.17) is 0 Å². The molecule has 8 heteroatoms. The highest BCUT2D eigenvalue weighted by Crippen LogP contribution is 2.40. The summed E-state index contributed by atoms with van der Waals surface area (Å²) in [7, 11) is -3.49. The zero-order valence-corrected chi connectivity index (χ0v) is 21.3. The molecule has 3 heterocycles. The van der Waals surface area contributed by atoms with Gasteiger partial charge in [-0.3, -0.25) is 0 Å². The number of aromatic nitrogens is 2. The molecular formula is C25H32N4O2S2. The fourth-order valence-electron chi connectivity index (χ4n) is 4.99. The summed E-state index contributed by atoms with van der Waals surface area (Å²) in [5.41, 5.74) is 2.60. The van der Waals surface area contributed by atoms with E-state index in [0.717, 1.165) is 35.8 Å². The molecule has 0 amide bonds. The van der Waals surface area contributed by atoms with E-state index in [2.05, 4.69) is 35.6 Å². The van der Waals surface area contributed by atoms with Crippen LogP contribution in [0.2, 0.25) is 0 Å². The number of sulfonamides is 1. The predicted molar refractivity (Wildman–Crippen MR) is 135 cm³/mol. The monoisotopic (exact) mass is 484 g/mol. The first-order chi connectivity index (χ1) is 15.9. The SMILES string of the molecule is CC[C@@H](C)c1ccc(S(=O)(=O)N2CCN(c3ncnc4sc5c(c34)CC[C@H](C)C5)CC2)cc1. The maximum Gasteiger partial charge on any atom is 0.243 e. The summed E-state index contributed by atoms with van der Waals surface area (Å²) < 4.78 is 28.1. The highest BCUT2D eigenvalue weighted by atomic mass is 32.2. The minimum absolute atomic E-state index is 0.383. The Morgan fingerprint density at radius 3 is 2.55 bits per heavy atom. The Kier molecular flexibility index (Phi) is 6.18. The highest BCUT2D eigenvalue weighted by molar-refractivity contribution is 7.89. The van der Waals surface area contributed by atoms with Gasteiger partial charge in [-0.05, 0) is 60.8 Å². The fraction of sp³-hybridized carbons (Fsp3) is 0.520. The summed E-state index contributed by atoms with van der Waals surface area (Å²) in [6.45, 7) is 8.82. The van der Waals surface area contributed by atoms with Crippen molar-refractivity contribution in [3.63, 3.8) is 0 Å². The second kappa shape index (κ2) is 8.96. The van der Waals surface area contributed by atoms with Crippen LogP contribution in [0.4, 0.5) is 5.82 Å². The third kappa shape index (κ3) is 4.17. The van der Waals surface area contributed by atoms with Crippen LogP contribution in [-0.4, -0.2) is 48.9 Å². The van der Waals surface area contributed by atoms with Gasteiger partial charge in [-0.25, -0.2) is 18.4 Å². The molecule has 0 radical (unpaired) electrons. The lowest BCUT2D eigenvalue weighted by Crippen LogP contribution is -2.49. The molecule has 1 aliphatic carbocycles. The maximum absolute atomic E-state index is 13.3. The maximum atomic E-state index is 13.3. The molecule has 2 atom stereocenters. The molecule has 176 valence electrons. The molecule has 0 saturated carbocycles. The van der Waals surface area contributed by atoms with Gasteiger partial charge in [0, 0.05) is 31.1 Å². The minimum Gasteiger partial charge on any atom is -0.353 e. The number of hydrogen-bond donors (Lipinski definition) is 0. The summed E-state index contributed by atoms with van der Waals surface area (Å²) >= 11 is 1.80. The molecular weight excluding hydrogens is 452 g/mol. The van der Waals surface area contributed by atoms with Crippen molar-refractivity contribution in [2.24, 2.45) is 5.92 Å². The molecule has 1 saturated heterocycles. The summed E-state index contributed by atoms with van der Waals surface area (Å²) in [6.07, 6.45) is 6.10. The minimum atomic E-state index is -3.49. The van der Waals surface area contributed by atoms with E-state index in [1.807, 2.05) is 12.1 Å². The van der Waals surface area contributed by atoms with Crippen LogP contribution in [0.3, 0.4) is 0 Å². The summed E-state index contributed by atoms with van der Waals surface area (Å²) in [5.74, 6) is 2.12. The molecule has 6 nitrogen and oxygen atoms in total. The molecule has 33 heavy (non-hydrogen) atoms. The van der Waals surface area contributed by atoms with Crippen molar-refractivity contribution in [2.75, 3.05) is 31.1 Å². The van der Waals surface area contributed by atoms with Crippen LogP contribution >= 0.6 is 11.3 Å². The number of anilines is 1. The van der Waals surface area contributed by atoms with Gasteiger partial charge in [0.1, 0.15) is 17.0 Å². The van der Waals surface area contributed by atoms with Crippen LogP contribution in [0.1, 0.15) is 55.5 Å². The molecule has 0 spiro atoms. The van der Waals surface area contributed by atoms with Crippen molar-refractivity contribution in [1.29, 1.82) is 0 Å². The molecule has 2 aromatic heterocycles. The molecule has 1 aromatic carbocycles. The van der Waals surface area contributed by atoms with Crippen LogP contribution in [0, 0.1) is 5.92 Å². The molecule has 1 aliphatic heterocycles. The lowest BCUT2D eigenvalue weighted by molar-refractivity contribution is 0.384. The number of piperazine rings is 1. The number of rotatable bonds is 5. The molecule has 0 N–H and O–H groups in total. The van der Waals surface area contributed by atoms with Crippen molar-refractivity contribution in [3.05, 3.63) is 46.6 Å². The molecule has 0 unspecified atom stereocenters.